The van der Waals surface area contributed by atoms with Crippen LogP contribution in [0, 0.1) is 29.6 Å². The van der Waals surface area contributed by atoms with Crippen LogP contribution in [-0.2, 0) is 4.74 Å². The number of thioether (sulfide) groups is 1. The van der Waals surface area contributed by atoms with Crippen LogP contribution < -0.4 is 10.6 Å². The molecule has 2 N–H and O–H groups in total. The third-order valence-corrected chi connectivity index (χ3v) is 8.40. The van der Waals surface area contributed by atoms with Gasteiger partial charge in [-0.2, -0.15) is 0 Å². The molecule has 0 aromatic carbocycles. The van der Waals surface area contributed by atoms with Crippen molar-refractivity contribution < 1.29 is 4.74 Å². The Labute approximate surface area is 171 Å². The Morgan fingerprint density at radius 1 is 1.32 bits per heavy atom. The largest absolute Gasteiger partial charge is 0.379 e. The lowest BCUT2D eigenvalue weighted by molar-refractivity contribution is -0.0468. The van der Waals surface area contributed by atoms with E-state index in [4.69, 9.17) is 15.5 Å². The van der Waals surface area contributed by atoms with E-state index in [9.17, 15) is 0 Å². The molecule has 28 heavy (non-hydrogen) atoms. The number of anilines is 1. The number of nitrogens with two attached hydrogens (primary N) is 1. The molecule has 3 heterocycles. The van der Waals surface area contributed by atoms with Crippen molar-refractivity contribution in [2.45, 2.75) is 44.8 Å². The molecule has 1 saturated heterocycles. The summed E-state index contributed by atoms with van der Waals surface area (Å²) in [5.74, 6) is 5.00. The van der Waals surface area contributed by atoms with Gasteiger partial charge in [-0.25, -0.2) is 9.97 Å². The molecule has 4 aliphatic rings. The molecule has 2 aliphatic heterocycles. The predicted octanol–water partition coefficient (Wildman–Crippen LogP) is 2.80. The standard InChI is InChI=1S/C21H31N5OS/c1-13-7-14(13)10-27-20(2,3)16-8-17(16)21-12-26(19-23-5-4-6-24-19)9-15(21)11-28-18(22)25-21/h4-6,13-17H,7-12H2,1-3H3,(H2,22,25)/t13-,14+,15+,16-,17-,21+/m1/s1. The van der Waals surface area contributed by atoms with Crippen molar-refractivity contribution in [1.29, 1.82) is 0 Å². The fourth-order valence-electron chi connectivity index (χ4n) is 5.36. The molecule has 6 nitrogen and oxygen atoms in total. The maximum absolute atomic E-state index is 6.43. The van der Waals surface area contributed by atoms with Gasteiger partial charge in [-0.1, -0.05) is 18.7 Å². The average Bonchev–Trinajstić information content (AvgIpc) is 3.58. The van der Waals surface area contributed by atoms with Crippen LogP contribution >= 0.6 is 11.8 Å². The van der Waals surface area contributed by atoms with Crippen molar-refractivity contribution in [2.24, 2.45) is 40.3 Å². The highest BCUT2D eigenvalue weighted by molar-refractivity contribution is 8.13. The molecule has 3 fully saturated rings. The molecule has 1 aromatic rings. The fourth-order valence-corrected chi connectivity index (χ4v) is 6.36. The lowest BCUT2D eigenvalue weighted by atomic mass is 9.81. The minimum absolute atomic E-state index is 0.0994. The van der Waals surface area contributed by atoms with E-state index in [1.165, 1.54) is 12.8 Å². The van der Waals surface area contributed by atoms with Crippen molar-refractivity contribution in [3.63, 3.8) is 0 Å². The van der Waals surface area contributed by atoms with Gasteiger partial charge in [-0.05, 0) is 56.4 Å². The summed E-state index contributed by atoms with van der Waals surface area (Å²) in [5, 5.41) is 0.739. The molecule has 152 valence electrons. The van der Waals surface area contributed by atoms with Gasteiger partial charge in [0.25, 0.3) is 0 Å². The zero-order valence-electron chi connectivity index (χ0n) is 17.0. The van der Waals surface area contributed by atoms with E-state index >= 15 is 0 Å². The van der Waals surface area contributed by atoms with Gasteiger partial charge in [0, 0.05) is 37.2 Å². The topological polar surface area (TPSA) is 76.6 Å². The Morgan fingerprint density at radius 3 is 2.79 bits per heavy atom. The van der Waals surface area contributed by atoms with Crippen LogP contribution in [0.3, 0.4) is 0 Å². The summed E-state index contributed by atoms with van der Waals surface area (Å²) in [4.78, 5) is 16.4. The van der Waals surface area contributed by atoms with Gasteiger partial charge in [0.15, 0.2) is 5.17 Å². The van der Waals surface area contributed by atoms with Crippen LogP contribution in [0.15, 0.2) is 23.5 Å². The summed E-state index contributed by atoms with van der Waals surface area (Å²) < 4.78 is 6.43. The predicted molar refractivity (Wildman–Crippen MR) is 113 cm³/mol. The molecule has 0 bridgehead atoms. The van der Waals surface area contributed by atoms with Gasteiger partial charge < -0.3 is 15.4 Å². The molecule has 2 aliphatic carbocycles. The maximum atomic E-state index is 6.43. The van der Waals surface area contributed by atoms with E-state index in [2.05, 4.69) is 35.6 Å². The van der Waals surface area contributed by atoms with Crippen LogP contribution in [-0.4, -0.2) is 51.7 Å². The summed E-state index contributed by atoms with van der Waals surface area (Å²) in [7, 11) is 0. The SMILES string of the molecule is C[C@@H]1C[C@H]1COC(C)(C)[C@@H]1C[C@H]1[C@]12CN(c3ncccn3)C[C@H]1CSC(N)=N2. The zero-order chi connectivity index (χ0) is 19.5. The van der Waals surface area contributed by atoms with E-state index in [0.717, 1.165) is 48.4 Å². The van der Waals surface area contributed by atoms with Crippen LogP contribution in [0.2, 0.25) is 0 Å². The van der Waals surface area contributed by atoms with Crippen LogP contribution in [0.4, 0.5) is 5.95 Å². The van der Waals surface area contributed by atoms with Crippen molar-refractivity contribution in [2.75, 3.05) is 30.3 Å². The van der Waals surface area contributed by atoms with Gasteiger partial charge in [0.1, 0.15) is 0 Å². The van der Waals surface area contributed by atoms with Crippen molar-refractivity contribution in [3.05, 3.63) is 18.5 Å². The number of aliphatic imine (C=N–C) groups is 1. The lowest BCUT2D eigenvalue weighted by Crippen LogP contribution is -2.46. The summed E-state index contributed by atoms with van der Waals surface area (Å²) in [6, 6.07) is 1.87. The fraction of sp³-hybridized carbons (Fsp3) is 0.762. The van der Waals surface area contributed by atoms with Crippen molar-refractivity contribution in [1.82, 2.24) is 9.97 Å². The molecule has 1 aromatic heterocycles. The first-order valence-corrected chi connectivity index (χ1v) is 11.5. The van der Waals surface area contributed by atoms with E-state index in [-0.39, 0.29) is 11.1 Å². The van der Waals surface area contributed by atoms with E-state index in [1.54, 1.807) is 11.8 Å². The molecule has 0 spiro atoms. The number of hydrogen-bond donors (Lipinski definition) is 1. The summed E-state index contributed by atoms with van der Waals surface area (Å²) in [6.45, 7) is 9.58. The normalized spacial score (nSPS) is 39.5. The number of ether oxygens (including phenoxy) is 1. The highest BCUT2D eigenvalue weighted by Gasteiger charge is 2.65. The Kier molecular flexibility index (Phi) is 4.40. The number of amidine groups is 1. The van der Waals surface area contributed by atoms with E-state index in [1.807, 2.05) is 18.5 Å². The second-order valence-electron chi connectivity index (χ2n) is 9.71. The van der Waals surface area contributed by atoms with Crippen molar-refractivity contribution >= 4 is 22.9 Å². The summed E-state index contributed by atoms with van der Waals surface area (Å²) in [6.07, 6.45) is 6.13. The van der Waals surface area contributed by atoms with Crippen LogP contribution in [0.5, 0.6) is 0 Å². The molecule has 7 heteroatoms. The Morgan fingerprint density at radius 2 is 2.07 bits per heavy atom. The number of nitrogens with zero attached hydrogens (tertiary/aromatic N) is 4. The highest BCUT2D eigenvalue weighted by Crippen LogP contribution is 2.60. The minimum atomic E-state index is -0.118. The maximum Gasteiger partial charge on any atom is 0.225 e. The number of aromatic nitrogens is 2. The summed E-state index contributed by atoms with van der Waals surface area (Å²) in [5.41, 5.74) is 6.02. The Bertz CT molecular complexity index is 771. The third kappa shape index (κ3) is 3.20. The first kappa shape index (κ1) is 18.7. The molecule has 6 atom stereocenters. The first-order valence-electron chi connectivity index (χ1n) is 10.5. The quantitative estimate of drug-likeness (QED) is 0.790. The van der Waals surface area contributed by atoms with Gasteiger partial charge >= 0.3 is 0 Å². The van der Waals surface area contributed by atoms with Crippen molar-refractivity contribution in [3.8, 4) is 0 Å². The Balaban J connectivity index is 1.35. The van der Waals surface area contributed by atoms with Crippen LogP contribution in [0.1, 0.15) is 33.6 Å². The number of hydrogen-bond acceptors (Lipinski definition) is 7. The zero-order valence-corrected chi connectivity index (χ0v) is 17.9. The molecule has 5 rings (SSSR count). The third-order valence-electron chi connectivity index (χ3n) is 7.45. The lowest BCUT2D eigenvalue weighted by Gasteiger charge is -2.37. The molecular weight excluding hydrogens is 370 g/mol. The molecular formula is C21H31N5OS. The second kappa shape index (κ2) is 6.59. The molecule has 2 saturated carbocycles. The highest BCUT2D eigenvalue weighted by atomic mass is 32.2. The molecule has 0 amide bonds. The van der Waals surface area contributed by atoms with Gasteiger partial charge in [-0.3, -0.25) is 4.99 Å². The van der Waals surface area contributed by atoms with Gasteiger partial charge in [0.05, 0.1) is 17.7 Å². The van der Waals surface area contributed by atoms with Gasteiger partial charge in [-0.15, -0.1) is 0 Å². The number of fused-ring (bicyclic) bond motifs is 1. The van der Waals surface area contributed by atoms with E-state index in [0.29, 0.717) is 17.8 Å². The average molecular weight is 402 g/mol. The monoisotopic (exact) mass is 401 g/mol. The van der Waals surface area contributed by atoms with Crippen LogP contribution in [0.25, 0.3) is 0 Å². The molecule has 0 unspecified atom stereocenters. The Hall–Kier alpha value is -1.34. The van der Waals surface area contributed by atoms with E-state index < -0.39 is 0 Å². The van der Waals surface area contributed by atoms with Gasteiger partial charge in [0.2, 0.25) is 5.95 Å². The molecule has 0 radical (unpaired) electrons. The number of rotatable bonds is 6. The summed E-state index contributed by atoms with van der Waals surface area (Å²) >= 11 is 1.70. The second-order valence-corrected chi connectivity index (χ2v) is 10.8. The minimum Gasteiger partial charge on any atom is -0.379 e. The first-order chi connectivity index (χ1) is 13.4. The smallest absolute Gasteiger partial charge is 0.225 e.